The van der Waals surface area contributed by atoms with Gasteiger partial charge in [0.05, 0.1) is 12.8 Å². The lowest BCUT2D eigenvalue weighted by atomic mass is 10.1. The Labute approximate surface area is 285 Å². The highest BCUT2D eigenvalue weighted by Crippen LogP contribution is 2.56. The van der Waals surface area contributed by atoms with Gasteiger partial charge in [-0.25, -0.2) is 0 Å². The van der Waals surface area contributed by atoms with Crippen molar-refractivity contribution in [3.63, 3.8) is 0 Å². The molecule has 0 N–H and O–H groups in total. The molecule has 47 heavy (non-hydrogen) atoms. The molecule has 0 radical (unpaired) electrons. The summed E-state index contributed by atoms with van der Waals surface area (Å²) in [5, 5.41) is 7.02. The van der Waals surface area contributed by atoms with Crippen molar-refractivity contribution in [2.24, 2.45) is 0 Å². The lowest BCUT2D eigenvalue weighted by Gasteiger charge is -2.42. The first-order valence-corrected chi connectivity index (χ1v) is 21.1. The maximum atomic E-state index is 6.94. The summed E-state index contributed by atoms with van der Waals surface area (Å²) in [6.07, 6.45) is 8.21. The molecule has 0 amide bonds. The highest BCUT2D eigenvalue weighted by Gasteiger charge is 2.50. The van der Waals surface area contributed by atoms with Gasteiger partial charge in [-0.1, -0.05) is 155 Å². The molecule has 240 valence electrons. The van der Waals surface area contributed by atoms with Gasteiger partial charge in [0.2, 0.25) is 0 Å². The predicted molar refractivity (Wildman–Crippen MR) is 209 cm³/mol. The Hall–Kier alpha value is -3.73. The van der Waals surface area contributed by atoms with E-state index in [0.29, 0.717) is 6.61 Å². The third-order valence-electron chi connectivity index (χ3n) is 9.29. The molecular formula is C44H50OPSi+. The maximum absolute atomic E-state index is 6.94. The maximum Gasteiger partial charge on any atom is 0.262 e. The molecule has 0 saturated heterocycles. The van der Waals surface area contributed by atoms with Crippen LogP contribution in [-0.2, 0) is 4.43 Å². The second kappa shape index (κ2) is 16.9. The van der Waals surface area contributed by atoms with Crippen LogP contribution >= 0.6 is 7.26 Å². The monoisotopic (exact) mass is 653 g/mol. The predicted octanol–water partition coefficient (Wildman–Crippen LogP) is 8.90. The lowest BCUT2D eigenvalue weighted by Crippen LogP contribution is -2.66. The summed E-state index contributed by atoms with van der Waals surface area (Å²) in [5.74, 6) is 6.84. The molecular weight excluding hydrogens is 604 g/mol. The van der Waals surface area contributed by atoms with E-state index in [1.165, 1.54) is 58.1 Å². The molecule has 0 aliphatic carbocycles. The van der Waals surface area contributed by atoms with E-state index in [1.54, 1.807) is 0 Å². The van der Waals surface area contributed by atoms with Gasteiger partial charge in [0.15, 0.2) is 0 Å². The lowest BCUT2D eigenvalue weighted by molar-refractivity contribution is 0.346. The smallest absolute Gasteiger partial charge is 0.262 e. The Morgan fingerprint density at radius 2 is 0.872 bits per heavy atom. The quantitative estimate of drug-likeness (QED) is 0.0504. The van der Waals surface area contributed by atoms with E-state index < -0.39 is 15.6 Å². The third kappa shape index (κ3) is 8.23. The Morgan fingerprint density at radius 3 is 1.30 bits per heavy atom. The number of unbranched alkanes of at least 4 members (excludes halogenated alkanes) is 5. The summed E-state index contributed by atoms with van der Waals surface area (Å²) >= 11 is 0. The number of hydrogen-bond donors (Lipinski definition) is 0. The van der Waals surface area contributed by atoms with Crippen LogP contribution in [0.5, 0.6) is 0 Å². The summed E-state index contributed by atoms with van der Waals surface area (Å²) < 4.78 is 6.94. The van der Waals surface area contributed by atoms with Gasteiger partial charge in [0.25, 0.3) is 8.32 Å². The van der Waals surface area contributed by atoms with Crippen molar-refractivity contribution < 1.29 is 4.43 Å². The summed E-state index contributed by atoms with van der Waals surface area (Å²) in [7, 11) is -4.26. The molecule has 0 spiro atoms. The first kappa shape index (κ1) is 34.6. The first-order chi connectivity index (χ1) is 23.0. The van der Waals surface area contributed by atoms with Crippen molar-refractivity contribution in [3.8, 4) is 11.8 Å². The van der Waals surface area contributed by atoms with Crippen LogP contribution in [0.4, 0.5) is 0 Å². The van der Waals surface area contributed by atoms with Crippen LogP contribution in [0.3, 0.4) is 0 Å². The topological polar surface area (TPSA) is 9.23 Å². The van der Waals surface area contributed by atoms with Crippen LogP contribution in [0.25, 0.3) is 0 Å². The van der Waals surface area contributed by atoms with E-state index in [9.17, 15) is 0 Å². The summed E-state index contributed by atoms with van der Waals surface area (Å²) in [5.41, 5.74) is 0. The zero-order chi connectivity index (χ0) is 32.8. The van der Waals surface area contributed by atoms with Gasteiger partial charge in [0.1, 0.15) is 23.2 Å². The third-order valence-corrected chi connectivity index (χ3v) is 18.8. The van der Waals surface area contributed by atoms with Gasteiger partial charge in [-0.3, -0.25) is 0 Å². The molecule has 0 atom stereocenters. The molecule has 0 aromatic heterocycles. The minimum absolute atomic E-state index is 0.0290. The zero-order valence-electron chi connectivity index (χ0n) is 28.4. The van der Waals surface area contributed by atoms with E-state index in [4.69, 9.17) is 4.43 Å². The summed E-state index contributed by atoms with van der Waals surface area (Å²) in [6.45, 7) is 7.42. The van der Waals surface area contributed by atoms with Gasteiger partial charge in [-0.15, -0.1) is 5.92 Å². The number of hydrogen-bond acceptors (Lipinski definition) is 1. The molecule has 5 rings (SSSR count). The molecule has 0 heterocycles. The fraction of sp³-hybridized carbons (Fsp3) is 0.273. The minimum atomic E-state index is -2.53. The summed E-state index contributed by atoms with van der Waals surface area (Å²) in [6, 6.07) is 55.4. The first-order valence-electron chi connectivity index (χ1n) is 17.2. The molecule has 0 aliphatic rings. The van der Waals surface area contributed by atoms with Gasteiger partial charge in [-0.2, -0.15) is 0 Å². The fourth-order valence-electron chi connectivity index (χ4n) is 7.02. The largest absolute Gasteiger partial charge is 0.396 e. The Bertz CT molecular complexity index is 1540. The molecule has 1 nitrogen and oxygen atoms in total. The van der Waals surface area contributed by atoms with E-state index in [-0.39, 0.29) is 5.04 Å². The van der Waals surface area contributed by atoms with Gasteiger partial charge >= 0.3 is 0 Å². The van der Waals surface area contributed by atoms with Crippen molar-refractivity contribution in [3.05, 3.63) is 152 Å². The van der Waals surface area contributed by atoms with Crippen LogP contribution < -0.4 is 26.3 Å². The molecule has 5 aromatic rings. The molecule has 0 bridgehead atoms. The minimum Gasteiger partial charge on any atom is -0.396 e. The normalized spacial score (nSPS) is 11.9. The zero-order valence-corrected chi connectivity index (χ0v) is 30.3. The van der Waals surface area contributed by atoms with Gasteiger partial charge in [-0.05, 0) is 71.1 Å². The average Bonchev–Trinajstić information content (AvgIpc) is 3.12. The average molecular weight is 654 g/mol. The molecule has 3 heteroatoms. The highest BCUT2D eigenvalue weighted by molar-refractivity contribution is 7.95. The van der Waals surface area contributed by atoms with Crippen LogP contribution in [0.2, 0.25) is 5.04 Å². The molecule has 0 saturated carbocycles. The second-order valence-corrected chi connectivity index (χ2v) is 21.3. The van der Waals surface area contributed by atoms with E-state index in [1.807, 2.05) is 0 Å². The molecule has 0 fully saturated rings. The van der Waals surface area contributed by atoms with Gasteiger partial charge in [0, 0.05) is 6.42 Å². The van der Waals surface area contributed by atoms with E-state index in [2.05, 4.69) is 184 Å². The van der Waals surface area contributed by atoms with Crippen molar-refractivity contribution in [2.45, 2.75) is 64.3 Å². The van der Waals surface area contributed by atoms with Crippen molar-refractivity contribution in [1.82, 2.24) is 0 Å². The van der Waals surface area contributed by atoms with Crippen molar-refractivity contribution in [1.29, 1.82) is 0 Å². The van der Waals surface area contributed by atoms with Gasteiger partial charge < -0.3 is 4.43 Å². The standard InChI is InChI=1S/C44H50OPSi/c1-44(2,3)47(42-33-21-13-22-34-42,43-35-23-14-24-36-43)45-37-25-8-6-4-5-7-9-26-38-46(39-27-15-10-16-28-39,40-29-17-11-18-30-40)41-31-19-12-20-32-41/h10-24,27-36H,4-7,9,26,37-38H2,1-3H3/q+1. The van der Waals surface area contributed by atoms with Crippen LogP contribution in [-0.4, -0.2) is 21.1 Å². The van der Waals surface area contributed by atoms with Crippen LogP contribution in [0.15, 0.2) is 152 Å². The number of rotatable bonds is 14. The molecule has 5 aromatic carbocycles. The Morgan fingerprint density at radius 1 is 0.489 bits per heavy atom. The van der Waals surface area contributed by atoms with Crippen molar-refractivity contribution in [2.75, 3.05) is 12.8 Å². The fourth-order valence-corrected chi connectivity index (χ4v) is 15.9. The second-order valence-electron chi connectivity index (χ2n) is 13.4. The molecule has 0 unspecified atom stereocenters. The Kier molecular flexibility index (Phi) is 12.4. The van der Waals surface area contributed by atoms with Crippen LogP contribution in [0.1, 0.15) is 59.3 Å². The van der Waals surface area contributed by atoms with Crippen LogP contribution in [0, 0.1) is 11.8 Å². The summed E-state index contributed by atoms with van der Waals surface area (Å²) in [4.78, 5) is 0. The van der Waals surface area contributed by atoms with E-state index in [0.717, 1.165) is 12.8 Å². The highest BCUT2D eigenvalue weighted by atomic mass is 31.2. The molecule has 0 aliphatic heterocycles. The van der Waals surface area contributed by atoms with Crippen molar-refractivity contribution >= 4 is 41.9 Å². The number of benzene rings is 5. The SMILES string of the molecule is CC(C)(C)[Si](OCC#CCCCCCCC[P+](c1ccccc1)(c1ccccc1)c1ccccc1)(c1ccccc1)c1ccccc1. The Balaban J connectivity index is 1.17. The van der Waals surface area contributed by atoms with E-state index >= 15 is 0 Å².